The van der Waals surface area contributed by atoms with Crippen molar-refractivity contribution >= 4 is 5.78 Å². The summed E-state index contributed by atoms with van der Waals surface area (Å²) in [7, 11) is 0. The van der Waals surface area contributed by atoms with E-state index >= 15 is 0 Å². The highest BCUT2D eigenvalue weighted by molar-refractivity contribution is 6.02. The molecule has 0 amide bonds. The molecule has 0 aromatic heterocycles. The van der Waals surface area contributed by atoms with Crippen molar-refractivity contribution in [3.05, 3.63) is 35.4 Å². The molecule has 0 spiro atoms. The molecular formula is C33H37F17O. The van der Waals surface area contributed by atoms with Crippen molar-refractivity contribution in [2.45, 2.75) is 144 Å². The lowest BCUT2D eigenvalue weighted by Gasteiger charge is -2.42. The Bertz CT molecular complexity index is 1300. The maximum Gasteiger partial charge on any atom is 0.460 e. The van der Waals surface area contributed by atoms with E-state index in [2.05, 4.69) is 6.92 Å². The highest BCUT2D eigenvalue weighted by atomic mass is 19.4. The van der Waals surface area contributed by atoms with Crippen molar-refractivity contribution in [1.29, 1.82) is 0 Å². The van der Waals surface area contributed by atoms with Gasteiger partial charge in [0, 0.05) is 5.56 Å². The molecule has 0 unspecified atom stereocenters. The van der Waals surface area contributed by atoms with Crippen LogP contribution < -0.4 is 0 Å². The Morgan fingerprint density at radius 3 is 1.25 bits per heavy atom. The van der Waals surface area contributed by atoms with Gasteiger partial charge in [-0.1, -0.05) is 89.0 Å². The van der Waals surface area contributed by atoms with Gasteiger partial charge in [-0.05, 0) is 54.9 Å². The van der Waals surface area contributed by atoms with Gasteiger partial charge in [-0.2, -0.15) is 74.6 Å². The van der Waals surface area contributed by atoms with Gasteiger partial charge in [0.15, 0.2) is 0 Å². The van der Waals surface area contributed by atoms with Crippen LogP contribution >= 0.6 is 0 Å². The molecule has 2 aliphatic carbocycles. The van der Waals surface area contributed by atoms with Crippen LogP contribution in [-0.4, -0.2) is 53.4 Å². The number of Topliss-reactive ketones (excluding diaryl/α,β-unsaturated/α-hetero) is 1. The first kappa shape index (κ1) is 43.1. The molecule has 2 aliphatic rings. The zero-order valence-corrected chi connectivity index (χ0v) is 27.1. The van der Waals surface area contributed by atoms with E-state index in [1.807, 2.05) is 0 Å². The van der Waals surface area contributed by atoms with Gasteiger partial charge < -0.3 is 0 Å². The topological polar surface area (TPSA) is 17.1 Å². The smallest absolute Gasteiger partial charge is 0.287 e. The van der Waals surface area contributed by atoms with Crippen molar-refractivity contribution in [2.75, 3.05) is 0 Å². The molecule has 0 radical (unpaired) electrons. The molecule has 51 heavy (non-hydrogen) atoms. The van der Waals surface area contributed by atoms with Crippen molar-refractivity contribution in [1.82, 2.24) is 0 Å². The molecule has 3 rings (SSSR count). The zero-order chi connectivity index (χ0) is 39.1. The molecular weight excluding hydrogens is 735 g/mol. The molecule has 2 fully saturated rings. The summed E-state index contributed by atoms with van der Waals surface area (Å²) in [6, 6.07) is 2.80. The van der Waals surface area contributed by atoms with Gasteiger partial charge in [-0.15, -0.1) is 0 Å². The average Bonchev–Trinajstić information content (AvgIpc) is 3.05. The number of hydrogen-bond acceptors (Lipinski definition) is 1. The quantitative estimate of drug-likeness (QED) is 0.128. The molecule has 0 bridgehead atoms. The molecule has 0 aliphatic heterocycles. The molecule has 18 heteroatoms. The van der Waals surface area contributed by atoms with Crippen LogP contribution in [0.15, 0.2) is 24.3 Å². The van der Waals surface area contributed by atoms with E-state index in [4.69, 9.17) is 0 Å². The maximum atomic E-state index is 14.5. The van der Waals surface area contributed by atoms with E-state index in [0.29, 0.717) is 42.4 Å². The number of carbonyl (C=O) groups is 1. The fourth-order valence-corrected chi connectivity index (χ4v) is 6.95. The normalized spacial score (nSPS) is 23.7. The zero-order valence-electron chi connectivity index (χ0n) is 27.1. The van der Waals surface area contributed by atoms with Crippen LogP contribution in [0.1, 0.15) is 112 Å². The minimum atomic E-state index is -8.74. The summed E-state index contributed by atoms with van der Waals surface area (Å²) < 4.78 is 231. The Balaban J connectivity index is 1.68. The van der Waals surface area contributed by atoms with Crippen molar-refractivity contribution in [3.63, 3.8) is 0 Å². The summed E-state index contributed by atoms with van der Waals surface area (Å²) in [4.78, 5) is 12.2. The Labute approximate surface area is 282 Å². The van der Waals surface area contributed by atoms with Crippen molar-refractivity contribution < 1.29 is 79.4 Å². The SMILES string of the molecule is CCCCC1CCC(CCC2CCC(c3ccc(C(=O)C(F)(F)C(F)(F)C(F)(F)C(F)(F)C(F)(F)C(F)(F)C(F)(F)C(F)(F)F)cc3)CC2)CC1. The summed E-state index contributed by atoms with van der Waals surface area (Å²) >= 11 is 0. The van der Waals surface area contributed by atoms with E-state index in [9.17, 15) is 79.4 Å². The Hall–Kier alpha value is -2.30. The van der Waals surface area contributed by atoms with Crippen LogP contribution in [0.4, 0.5) is 74.6 Å². The van der Waals surface area contributed by atoms with Crippen LogP contribution in [0, 0.1) is 17.8 Å². The molecule has 1 aromatic carbocycles. The summed E-state index contributed by atoms with van der Waals surface area (Å²) in [5.74, 6) is -59.7. The lowest BCUT2D eigenvalue weighted by Crippen LogP contribution is -2.75. The van der Waals surface area contributed by atoms with Crippen LogP contribution in [0.25, 0.3) is 0 Å². The minimum Gasteiger partial charge on any atom is -0.287 e. The molecule has 294 valence electrons. The number of rotatable bonds is 15. The number of alkyl halides is 17. The summed E-state index contributed by atoms with van der Waals surface area (Å²) in [6.45, 7) is 2.16. The van der Waals surface area contributed by atoms with E-state index < -0.39 is 59.0 Å². The standard InChI is InChI=1S/C33H37F17O/c1-2-3-4-19-5-7-20(8-6-19)9-10-21-11-13-22(14-12-21)23-15-17-24(18-16-23)25(51)26(34,35)27(36,37)28(38,39)29(40,41)30(42,43)31(44,45)32(46,47)33(48,49)50/h15-22H,2-14H2,1H3. The largest absolute Gasteiger partial charge is 0.460 e. The van der Waals surface area contributed by atoms with Gasteiger partial charge in [0.25, 0.3) is 0 Å². The highest BCUT2D eigenvalue weighted by Crippen LogP contribution is 2.64. The third kappa shape index (κ3) is 7.71. The van der Waals surface area contributed by atoms with E-state index in [1.165, 1.54) is 44.9 Å². The van der Waals surface area contributed by atoms with Crippen LogP contribution in [0.3, 0.4) is 0 Å². The van der Waals surface area contributed by atoms with Gasteiger partial charge in [0.1, 0.15) is 0 Å². The summed E-state index contributed by atoms with van der Waals surface area (Å²) in [6.07, 6.45) is 5.47. The monoisotopic (exact) mass is 772 g/mol. The van der Waals surface area contributed by atoms with Crippen LogP contribution in [-0.2, 0) is 0 Å². The Kier molecular flexibility index (Phi) is 12.6. The molecule has 2 saturated carbocycles. The fourth-order valence-electron chi connectivity index (χ4n) is 6.95. The van der Waals surface area contributed by atoms with Gasteiger partial charge in [-0.3, -0.25) is 4.79 Å². The number of halogens is 17. The summed E-state index contributed by atoms with van der Waals surface area (Å²) in [5.41, 5.74) is -1.14. The average molecular weight is 773 g/mol. The number of hydrogen-bond donors (Lipinski definition) is 0. The van der Waals surface area contributed by atoms with Gasteiger partial charge >= 0.3 is 47.6 Å². The van der Waals surface area contributed by atoms with Crippen molar-refractivity contribution in [3.8, 4) is 0 Å². The predicted molar refractivity (Wildman–Crippen MR) is 150 cm³/mol. The molecule has 0 saturated heterocycles. The van der Waals surface area contributed by atoms with E-state index in [-0.39, 0.29) is 5.92 Å². The second-order valence-electron chi connectivity index (χ2n) is 13.8. The Morgan fingerprint density at radius 1 is 0.510 bits per heavy atom. The molecule has 1 nitrogen and oxygen atoms in total. The highest BCUT2D eigenvalue weighted by Gasteiger charge is 2.95. The number of unbranched alkanes of at least 4 members (excludes halogenated alkanes) is 1. The predicted octanol–water partition coefficient (Wildman–Crippen LogP) is 12.9. The van der Waals surface area contributed by atoms with Crippen molar-refractivity contribution in [2.24, 2.45) is 17.8 Å². The minimum absolute atomic E-state index is 0.205. The molecule has 0 atom stereocenters. The van der Waals surface area contributed by atoms with Gasteiger partial charge in [0.05, 0.1) is 0 Å². The van der Waals surface area contributed by atoms with Gasteiger partial charge in [-0.25, -0.2) is 0 Å². The van der Waals surface area contributed by atoms with Crippen LogP contribution in [0.5, 0.6) is 0 Å². The van der Waals surface area contributed by atoms with E-state index in [1.54, 1.807) is 0 Å². The number of benzene rings is 1. The number of carbonyl (C=O) groups excluding carboxylic acids is 1. The third-order valence-electron chi connectivity index (χ3n) is 10.4. The lowest BCUT2D eigenvalue weighted by atomic mass is 9.74. The molecule has 0 N–H and O–H groups in total. The van der Waals surface area contributed by atoms with Gasteiger partial charge in [0.2, 0.25) is 5.78 Å². The lowest BCUT2D eigenvalue weighted by molar-refractivity contribution is -0.459. The summed E-state index contributed by atoms with van der Waals surface area (Å²) in [5, 5.41) is 0. The first-order valence-corrected chi connectivity index (χ1v) is 16.5. The first-order chi connectivity index (χ1) is 23.1. The fraction of sp³-hybridized carbons (Fsp3) is 0.788. The molecule has 0 heterocycles. The van der Waals surface area contributed by atoms with E-state index in [0.717, 1.165) is 43.7 Å². The molecule has 1 aromatic rings. The third-order valence-corrected chi connectivity index (χ3v) is 10.4. The maximum absolute atomic E-state index is 14.5. The number of ketones is 1. The second kappa shape index (κ2) is 14.8. The second-order valence-corrected chi connectivity index (χ2v) is 13.8. The Morgan fingerprint density at radius 2 is 0.863 bits per heavy atom. The van der Waals surface area contributed by atoms with Crippen LogP contribution in [0.2, 0.25) is 0 Å². The first-order valence-electron chi connectivity index (χ1n) is 16.5.